The lowest BCUT2D eigenvalue weighted by Gasteiger charge is -2.42. The number of carbonyl (C=O) groups excluding carboxylic acids is 1. The third kappa shape index (κ3) is 7.88. The second-order valence-electron chi connectivity index (χ2n) is 10.1. The predicted octanol–water partition coefficient (Wildman–Crippen LogP) is 7.21. The molecular formula is C23H48O3Si2. The van der Waals surface area contributed by atoms with Crippen LogP contribution >= 0.6 is 0 Å². The van der Waals surface area contributed by atoms with Gasteiger partial charge in [-0.05, 0) is 55.7 Å². The molecule has 5 heteroatoms. The van der Waals surface area contributed by atoms with Crippen LogP contribution in [-0.4, -0.2) is 35.1 Å². The fourth-order valence-electron chi connectivity index (χ4n) is 3.21. The normalized spacial score (nSPS) is 17.4. The number of ketones is 1. The van der Waals surface area contributed by atoms with Crippen LogP contribution < -0.4 is 0 Å². The Morgan fingerprint density at radius 3 is 1.82 bits per heavy atom. The summed E-state index contributed by atoms with van der Waals surface area (Å²) in [6.07, 6.45) is 2.10. The van der Waals surface area contributed by atoms with E-state index in [-0.39, 0.29) is 28.8 Å². The Hall–Kier alpha value is -0.236. The van der Waals surface area contributed by atoms with Crippen molar-refractivity contribution in [3.63, 3.8) is 0 Å². The van der Waals surface area contributed by atoms with Crippen LogP contribution in [0.3, 0.4) is 0 Å². The van der Waals surface area contributed by atoms with Crippen LogP contribution in [0.4, 0.5) is 0 Å². The smallest absolute Gasteiger partial charge is 0.192 e. The molecule has 0 aliphatic heterocycles. The van der Waals surface area contributed by atoms with Crippen LogP contribution in [0.1, 0.15) is 69.2 Å². The molecule has 28 heavy (non-hydrogen) atoms. The zero-order valence-electron chi connectivity index (χ0n) is 20.9. The summed E-state index contributed by atoms with van der Waals surface area (Å²) in [6, 6.07) is 3.49. The molecule has 0 amide bonds. The molecule has 166 valence electrons. The largest absolute Gasteiger partial charge is 0.416 e. The lowest BCUT2D eigenvalue weighted by atomic mass is 9.95. The number of hydrogen-bond donors (Lipinski definition) is 0. The summed E-state index contributed by atoms with van der Waals surface area (Å²) in [6.45, 7) is 27.0. The van der Waals surface area contributed by atoms with Gasteiger partial charge in [0.05, 0.1) is 6.10 Å². The molecule has 0 radical (unpaired) electrons. The molecule has 0 spiro atoms. The Morgan fingerprint density at radius 1 is 1.00 bits per heavy atom. The van der Waals surface area contributed by atoms with E-state index in [1.807, 2.05) is 6.92 Å². The van der Waals surface area contributed by atoms with Crippen molar-refractivity contribution in [2.75, 3.05) is 6.61 Å². The van der Waals surface area contributed by atoms with E-state index in [1.165, 1.54) is 5.57 Å². The van der Waals surface area contributed by atoms with Gasteiger partial charge in [-0.2, -0.15) is 0 Å². The third-order valence-corrected chi connectivity index (χ3v) is 16.0. The van der Waals surface area contributed by atoms with Gasteiger partial charge >= 0.3 is 0 Å². The van der Waals surface area contributed by atoms with Crippen LogP contribution in [0.5, 0.6) is 0 Å². The van der Waals surface area contributed by atoms with Crippen molar-refractivity contribution in [2.24, 2.45) is 11.8 Å². The van der Waals surface area contributed by atoms with Crippen LogP contribution in [0.25, 0.3) is 0 Å². The molecule has 0 rings (SSSR count). The minimum Gasteiger partial charge on any atom is -0.416 e. The van der Waals surface area contributed by atoms with Gasteiger partial charge in [-0.25, -0.2) is 0 Å². The average molecular weight is 429 g/mol. The number of carbonyl (C=O) groups is 1. The average Bonchev–Trinajstić information content (AvgIpc) is 2.59. The molecule has 0 aromatic heterocycles. The lowest BCUT2D eigenvalue weighted by molar-refractivity contribution is -0.119. The van der Waals surface area contributed by atoms with Gasteiger partial charge in [0.2, 0.25) is 0 Å². The molecular weight excluding hydrogens is 380 g/mol. The summed E-state index contributed by atoms with van der Waals surface area (Å²) in [7, 11) is -3.57. The molecule has 0 unspecified atom stereocenters. The summed E-state index contributed by atoms with van der Waals surface area (Å²) in [5.74, 6) is 0.388. The van der Waals surface area contributed by atoms with Gasteiger partial charge in [-0.3, -0.25) is 4.79 Å². The van der Waals surface area contributed by atoms with Gasteiger partial charge in [0.25, 0.3) is 0 Å². The first kappa shape index (κ1) is 27.8. The number of rotatable bonds is 12. The Morgan fingerprint density at radius 2 is 1.46 bits per heavy atom. The van der Waals surface area contributed by atoms with Gasteiger partial charge in [0, 0.05) is 18.4 Å². The lowest BCUT2D eigenvalue weighted by Crippen LogP contribution is -2.47. The maximum absolute atomic E-state index is 11.8. The summed E-state index contributed by atoms with van der Waals surface area (Å²) in [4.78, 5) is 11.8. The molecule has 0 saturated carbocycles. The third-order valence-electron chi connectivity index (χ3n) is 6.93. The Kier molecular flexibility index (Phi) is 11.1. The van der Waals surface area contributed by atoms with Crippen molar-refractivity contribution in [2.45, 2.75) is 112 Å². The standard InChI is InChI=1S/C23H48O3Si2/c1-13-28(14-2,15-3)25-17-20(6)22(19(5)16-18(4)21(7)24)26-27(11,12)23(8,9)10/h16,18,20,22H,13-15,17H2,1-12H3/b19-16+/t18-,20-,22-/m0/s1. The maximum atomic E-state index is 11.8. The van der Waals surface area contributed by atoms with Crippen molar-refractivity contribution < 1.29 is 13.6 Å². The van der Waals surface area contributed by atoms with Crippen LogP contribution in [0, 0.1) is 11.8 Å². The summed E-state index contributed by atoms with van der Waals surface area (Å²) < 4.78 is 13.5. The Balaban J connectivity index is 5.68. The van der Waals surface area contributed by atoms with Crippen LogP contribution in [-0.2, 0) is 13.6 Å². The molecule has 0 aromatic rings. The first-order chi connectivity index (χ1) is 12.7. The first-order valence-corrected chi connectivity index (χ1v) is 16.6. The van der Waals surface area contributed by atoms with E-state index >= 15 is 0 Å². The van der Waals surface area contributed by atoms with E-state index in [4.69, 9.17) is 8.85 Å². The van der Waals surface area contributed by atoms with E-state index in [0.717, 1.165) is 24.7 Å². The number of Topliss-reactive ketones (excluding diaryl/α,β-unsaturated/α-hetero) is 1. The second kappa shape index (κ2) is 11.2. The molecule has 0 heterocycles. The summed E-state index contributed by atoms with van der Waals surface area (Å²) in [5.41, 5.74) is 1.17. The highest BCUT2D eigenvalue weighted by Crippen LogP contribution is 2.39. The fraction of sp³-hybridized carbons (Fsp3) is 0.870. The monoisotopic (exact) mass is 428 g/mol. The van der Waals surface area contributed by atoms with E-state index in [1.54, 1.807) is 6.92 Å². The molecule has 0 aliphatic carbocycles. The van der Waals surface area contributed by atoms with Crippen molar-refractivity contribution in [1.82, 2.24) is 0 Å². The van der Waals surface area contributed by atoms with E-state index in [0.29, 0.717) is 0 Å². The highest BCUT2D eigenvalue weighted by molar-refractivity contribution is 6.74. The molecule has 0 bridgehead atoms. The summed E-state index contributed by atoms with van der Waals surface area (Å²) in [5, 5.41) is 0.146. The molecule has 3 nitrogen and oxygen atoms in total. The van der Waals surface area contributed by atoms with E-state index < -0.39 is 16.6 Å². The van der Waals surface area contributed by atoms with Crippen molar-refractivity contribution in [1.29, 1.82) is 0 Å². The van der Waals surface area contributed by atoms with Crippen LogP contribution in [0.15, 0.2) is 11.6 Å². The highest BCUT2D eigenvalue weighted by Gasteiger charge is 2.41. The van der Waals surface area contributed by atoms with Crippen molar-refractivity contribution >= 4 is 22.4 Å². The van der Waals surface area contributed by atoms with E-state index in [2.05, 4.69) is 74.6 Å². The molecule has 0 N–H and O–H groups in total. The number of allylic oxidation sites excluding steroid dienone is 1. The SMILES string of the molecule is CC[Si](CC)(CC)OC[C@H](C)[C@@H](O[Si](C)(C)C(C)(C)C)/C(C)=C/[C@H](C)C(C)=O. The molecule has 0 saturated heterocycles. The highest BCUT2D eigenvalue weighted by atomic mass is 28.4. The minimum atomic E-state index is -1.94. The predicted molar refractivity (Wildman–Crippen MR) is 128 cm³/mol. The molecule has 0 aromatic carbocycles. The van der Waals surface area contributed by atoms with Crippen LogP contribution in [0.2, 0.25) is 36.3 Å². The van der Waals surface area contributed by atoms with Gasteiger partial charge in [-0.15, -0.1) is 0 Å². The molecule has 0 fully saturated rings. The van der Waals surface area contributed by atoms with Crippen molar-refractivity contribution in [3.8, 4) is 0 Å². The van der Waals surface area contributed by atoms with Gasteiger partial charge < -0.3 is 8.85 Å². The molecule has 3 atom stereocenters. The van der Waals surface area contributed by atoms with Gasteiger partial charge in [-0.1, -0.05) is 61.5 Å². The first-order valence-electron chi connectivity index (χ1n) is 11.2. The zero-order chi connectivity index (χ0) is 22.3. The quantitative estimate of drug-likeness (QED) is 0.243. The zero-order valence-corrected chi connectivity index (χ0v) is 22.9. The second-order valence-corrected chi connectivity index (χ2v) is 19.7. The topological polar surface area (TPSA) is 35.5 Å². The van der Waals surface area contributed by atoms with E-state index in [9.17, 15) is 4.79 Å². The fourth-order valence-corrected chi connectivity index (χ4v) is 7.35. The maximum Gasteiger partial charge on any atom is 0.192 e. The van der Waals surface area contributed by atoms with Gasteiger partial charge in [0.1, 0.15) is 5.78 Å². The number of hydrogen-bond acceptors (Lipinski definition) is 3. The Bertz CT molecular complexity index is 508. The summed E-state index contributed by atoms with van der Waals surface area (Å²) >= 11 is 0. The van der Waals surface area contributed by atoms with Gasteiger partial charge in [0.15, 0.2) is 16.6 Å². The Labute approximate surface area is 177 Å². The van der Waals surface area contributed by atoms with Crippen molar-refractivity contribution in [3.05, 3.63) is 11.6 Å². The minimum absolute atomic E-state index is 0.0000370. The molecule has 0 aliphatic rings.